The molecule has 0 saturated heterocycles. The normalized spacial score (nSPS) is 17.7. The minimum atomic E-state index is -0.123. The van der Waals surface area contributed by atoms with Gasteiger partial charge in [0.05, 0.1) is 6.61 Å². The molecule has 0 bridgehead atoms. The highest BCUT2D eigenvalue weighted by Crippen LogP contribution is 2.33. The number of carbonyl (C=O) groups excluding carboxylic acids is 1. The highest BCUT2D eigenvalue weighted by atomic mass is 16.5. The molecule has 0 aromatic rings. The zero-order valence-electron chi connectivity index (χ0n) is 11.7. The number of hydrogen-bond donors (Lipinski definition) is 1. The van der Waals surface area contributed by atoms with Crippen LogP contribution in [0.4, 0.5) is 0 Å². The fraction of sp³-hybridized carbons (Fsp3) is 0.714. The van der Waals surface area contributed by atoms with Crippen LogP contribution in [-0.4, -0.2) is 18.3 Å². The second-order valence-corrected chi connectivity index (χ2v) is 5.19. The minimum Gasteiger partial charge on any atom is -0.466 e. The molecule has 1 aliphatic rings. The topological polar surface area (TPSA) is 50.1 Å². The first-order valence-electron chi connectivity index (χ1n) is 6.21. The van der Waals surface area contributed by atoms with Gasteiger partial charge in [-0.05, 0) is 38.2 Å². The fourth-order valence-electron chi connectivity index (χ4n) is 2.00. The molecule has 3 nitrogen and oxygen atoms in total. The lowest BCUT2D eigenvalue weighted by Crippen LogP contribution is -2.20. The van der Waals surface area contributed by atoms with Crippen molar-refractivity contribution in [3.05, 3.63) is 11.6 Å². The Labute approximate surface area is 105 Å². The number of nitrogens with one attached hydrogen (secondary N) is 1. The predicted octanol–water partition coefficient (Wildman–Crippen LogP) is 3.73. The van der Waals surface area contributed by atoms with E-state index in [4.69, 9.17) is 5.41 Å². The number of ether oxygens (including phenoxy) is 1. The van der Waals surface area contributed by atoms with Crippen molar-refractivity contribution >= 4 is 11.7 Å². The molecule has 0 saturated carbocycles. The van der Waals surface area contributed by atoms with Crippen molar-refractivity contribution in [3.8, 4) is 0 Å². The lowest BCUT2D eigenvalue weighted by Gasteiger charge is -2.28. The maximum Gasteiger partial charge on any atom is 0.305 e. The highest BCUT2D eigenvalue weighted by Gasteiger charge is 2.23. The highest BCUT2D eigenvalue weighted by molar-refractivity contribution is 5.94. The summed E-state index contributed by atoms with van der Waals surface area (Å²) in [5.41, 5.74) is 2.46. The van der Waals surface area contributed by atoms with Crippen molar-refractivity contribution in [2.75, 3.05) is 6.61 Å². The first kappa shape index (κ1) is 15.9. The third-order valence-electron chi connectivity index (χ3n) is 2.44. The Balaban J connectivity index is 0.000000325. The molecule has 0 aromatic carbocycles. The van der Waals surface area contributed by atoms with Crippen molar-refractivity contribution in [2.45, 2.75) is 53.9 Å². The average molecular weight is 239 g/mol. The molecule has 3 heteroatoms. The van der Waals surface area contributed by atoms with E-state index in [0.717, 1.165) is 18.6 Å². The van der Waals surface area contributed by atoms with Gasteiger partial charge in [-0.1, -0.05) is 26.3 Å². The van der Waals surface area contributed by atoms with Gasteiger partial charge in [0.2, 0.25) is 0 Å². The number of esters is 1. The number of hydrogen-bond acceptors (Lipinski definition) is 3. The molecule has 1 rings (SSSR count). The second-order valence-electron chi connectivity index (χ2n) is 5.19. The monoisotopic (exact) mass is 239 g/mol. The summed E-state index contributed by atoms with van der Waals surface area (Å²) < 4.78 is 4.55. The Morgan fingerprint density at radius 1 is 1.41 bits per heavy atom. The van der Waals surface area contributed by atoms with E-state index in [1.54, 1.807) is 13.8 Å². The molecule has 0 unspecified atom stereocenters. The lowest BCUT2D eigenvalue weighted by molar-refractivity contribution is -0.142. The van der Waals surface area contributed by atoms with Gasteiger partial charge in [0.1, 0.15) is 0 Å². The van der Waals surface area contributed by atoms with Crippen LogP contribution in [0, 0.1) is 10.8 Å². The molecular weight excluding hydrogens is 214 g/mol. The van der Waals surface area contributed by atoms with Crippen LogP contribution in [0.5, 0.6) is 0 Å². The SMILES string of the molecule is CC1=CC(=N)CC(C)(C)C1.CCOC(=O)CC. The van der Waals surface area contributed by atoms with E-state index >= 15 is 0 Å². The molecule has 0 atom stereocenters. The Hall–Kier alpha value is -1.12. The maximum atomic E-state index is 10.2. The lowest BCUT2D eigenvalue weighted by atomic mass is 9.77. The van der Waals surface area contributed by atoms with Crippen molar-refractivity contribution in [3.63, 3.8) is 0 Å². The van der Waals surface area contributed by atoms with Crippen LogP contribution >= 0.6 is 0 Å². The maximum absolute atomic E-state index is 10.2. The van der Waals surface area contributed by atoms with E-state index in [9.17, 15) is 4.79 Å². The molecule has 0 radical (unpaired) electrons. The number of allylic oxidation sites excluding steroid dienone is 2. The summed E-state index contributed by atoms with van der Waals surface area (Å²) in [5.74, 6) is -0.123. The van der Waals surface area contributed by atoms with Crippen LogP contribution in [0.3, 0.4) is 0 Å². The van der Waals surface area contributed by atoms with E-state index in [-0.39, 0.29) is 5.97 Å². The molecular formula is C14H25NO2. The van der Waals surface area contributed by atoms with Gasteiger partial charge in [0.15, 0.2) is 0 Å². The molecule has 0 amide bonds. The van der Waals surface area contributed by atoms with Gasteiger partial charge in [0.25, 0.3) is 0 Å². The van der Waals surface area contributed by atoms with Gasteiger partial charge < -0.3 is 10.1 Å². The van der Waals surface area contributed by atoms with Gasteiger partial charge in [-0.3, -0.25) is 4.79 Å². The zero-order chi connectivity index (χ0) is 13.5. The van der Waals surface area contributed by atoms with Crippen LogP contribution in [0.25, 0.3) is 0 Å². The summed E-state index contributed by atoms with van der Waals surface area (Å²) in [7, 11) is 0. The zero-order valence-corrected chi connectivity index (χ0v) is 11.7. The van der Waals surface area contributed by atoms with E-state index in [1.165, 1.54) is 5.57 Å². The molecule has 1 N–H and O–H groups in total. The van der Waals surface area contributed by atoms with Gasteiger partial charge in [0, 0.05) is 12.1 Å². The van der Waals surface area contributed by atoms with Crippen molar-refractivity contribution in [1.82, 2.24) is 0 Å². The molecule has 17 heavy (non-hydrogen) atoms. The van der Waals surface area contributed by atoms with Crippen LogP contribution < -0.4 is 0 Å². The second kappa shape index (κ2) is 7.25. The standard InChI is InChI=1S/C9H15N.C5H10O2/c1-7-4-8(10)6-9(2,3)5-7;1-3-5(6)7-4-2/h4,10H,5-6H2,1-3H3;3-4H2,1-2H3. The van der Waals surface area contributed by atoms with Gasteiger partial charge in [-0.15, -0.1) is 0 Å². The fourth-order valence-corrected chi connectivity index (χ4v) is 2.00. The van der Waals surface area contributed by atoms with Crippen molar-refractivity contribution in [1.29, 1.82) is 5.41 Å². The van der Waals surface area contributed by atoms with Crippen molar-refractivity contribution < 1.29 is 9.53 Å². The molecule has 0 heterocycles. The quantitative estimate of drug-likeness (QED) is 0.746. The van der Waals surface area contributed by atoms with E-state index < -0.39 is 0 Å². The number of rotatable bonds is 2. The third kappa shape index (κ3) is 7.72. The van der Waals surface area contributed by atoms with Crippen LogP contribution in [0.15, 0.2) is 11.6 Å². The Kier molecular flexibility index (Phi) is 6.78. The summed E-state index contributed by atoms with van der Waals surface area (Å²) >= 11 is 0. The Morgan fingerprint density at radius 3 is 2.29 bits per heavy atom. The number of carbonyl (C=O) groups is 1. The third-order valence-corrected chi connectivity index (χ3v) is 2.44. The largest absolute Gasteiger partial charge is 0.466 e. The summed E-state index contributed by atoms with van der Waals surface area (Å²) in [6, 6.07) is 0. The van der Waals surface area contributed by atoms with E-state index in [2.05, 4.69) is 25.5 Å². The predicted molar refractivity (Wildman–Crippen MR) is 71.4 cm³/mol. The van der Waals surface area contributed by atoms with Crippen LogP contribution in [0.2, 0.25) is 0 Å². The smallest absolute Gasteiger partial charge is 0.305 e. The van der Waals surface area contributed by atoms with Crippen molar-refractivity contribution in [2.24, 2.45) is 5.41 Å². The van der Waals surface area contributed by atoms with Gasteiger partial charge in [-0.25, -0.2) is 0 Å². The van der Waals surface area contributed by atoms with E-state index in [0.29, 0.717) is 18.4 Å². The Bertz CT molecular complexity index is 303. The van der Waals surface area contributed by atoms with E-state index in [1.807, 2.05) is 6.08 Å². The first-order chi connectivity index (χ1) is 7.80. The molecule has 98 valence electrons. The molecule has 0 fully saturated rings. The summed E-state index contributed by atoms with van der Waals surface area (Å²) in [5, 5.41) is 7.50. The van der Waals surface area contributed by atoms with Gasteiger partial charge >= 0.3 is 5.97 Å². The average Bonchev–Trinajstić information content (AvgIpc) is 2.14. The summed E-state index contributed by atoms with van der Waals surface area (Å²) in [6.45, 7) is 10.6. The molecule has 0 aromatic heterocycles. The van der Waals surface area contributed by atoms with Gasteiger partial charge in [-0.2, -0.15) is 0 Å². The first-order valence-corrected chi connectivity index (χ1v) is 6.21. The Morgan fingerprint density at radius 2 is 2.00 bits per heavy atom. The molecule has 0 spiro atoms. The summed E-state index contributed by atoms with van der Waals surface area (Å²) in [4.78, 5) is 10.2. The minimum absolute atomic E-state index is 0.123. The van der Waals surface area contributed by atoms with Crippen LogP contribution in [0.1, 0.15) is 53.9 Å². The summed E-state index contributed by atoms with van der Waals surface area (Å²) in [6.07, 6.45) is 4.55. The molecule has 0 aliphatic heterocycles. The van der Waals surface area contributed by atoms with Crippen LogP contribution in [-0.2, 0) is 9.53 Å². The molecule has 1 aliphatic carbocycles.